The highest BCUT2D eigenvalue weighted by molar-refractivity contribution is 5.77. The fourth-order valence-corrected chi connectivity index (χ4v) is 1.98. The quantitative estimate of drug-likeness (QED) is 0.661. The van der Waals surface area contributed by atoms with Crippen molar-refractivity contribution in [2.24, 2.45) is 0 Å². The third kappa shape index (κ3) is 7.05. The van der Waals surface area contributed by atoms with Gasteiger partial charge in [0.15, 0.2) is 6.61 Å². The van der Waals surface area contributed by atoms with Crippen LogP contribution in [0.2, 0.25) is 0 Å². The van der Waals surface area contributed by atoms with E-state index in [0.717, 1.165) is 4.90 Å². The standard InChI is InChI=1S/C16H13F6N3O2/c17-15(18,19)11-7-12(16(20,21)22)9-13(8-11)27-10-14(26)25(5-1-3-23)6-2-4-24/h7-9H,1-2,5-6,10H2. The number of benzene rings is 1. The summed E-state index contributed by atoms with van der Waals surface area (Å²) < 4.78 is 81.5. The number of hydrogen-bond donors (Lipinski definition) is 0. The van der Waals surface area contributed by atoms with Crippen molar-refractivity contribution in [3.05, 3.63) is 29.3 Å². The molecule has 146 valence electrons. The molecular weight excluding hydrogens is 380 g/mol. The molecule has 1 amide bonds. The molecule has 0 fully saturated rings. The molecule has 0 atom stereocenters. The highest BCUT2D eigenvalue weighted by Gasteiger charge is 2.37. The largest absolute Gasteiger partial charge is 0.484 e. The van der Waals surface area contributed by atoms with Gasteiger partial charge in [-0.3, -0.25) is 4.79 Å². The van der Waals surface area contributed by atoms with Gasteiger partial charge in [-0.05, 0) is 18.2 Å². The summed E-state index contributed by atoms with van der Waals surface area (Å²) in [6.07, 6.45) is -10.2. The molecule has 11 heteroatoms. The molecular formula is C16H13F6N3O2. The van der Waals surface area contributed by atoms with E-state index in [1.54, 1.807) is 12.1 Å². The van der Waals surface area contributed by atoms with E-state index in [-0.39, 0.29) is 32.0 Å². The van der Waals surface area contributed by atoms with Crippen LogP contribution >= 0.6 is 0 Å². The van der Waals surface area contributed by atoms with E-state index in [1.807, 2.05) is 0 Å². The van der Waals surface area contributed by atoms with Gasteiger partial charge in [0.2, 0.25) is 0 Å². The van der Waals surface area contributed by atoms with Gasteiger partial charge in [-0.2, -0.15) is 36.9 Å². The van der Waals surface area contributed by atoms with Crippen molar-refractivity contribution in [2.45, 2.75) is 25.2 Å². The molecule has 0 spiro atoms. The number of hydrogen-bond acceptors (Lipinski definition) is 4. The summed E-state index contributed by atoms with van der Waals surface area (Å²) >= 11 is 0. The molecule has 0 bridgehead atoms. The Hall–Kier alpha value is -2.95. The molecule has 1 aromatic rings. The first-order valence-electron chi connectivity index (χ1n) is 7.43. The van der Waals surface area contributed by atoms with Gasteiger partial charge in [-0.25, -0.2) is 0 Å². The third-order valence-corrected chi connectivity index (χ3v) is 3.26. The van der Waals surface area contributed by atoms with Crippen molar-refractivity contribution in [1.82, 2.24) is 4.90 Å². The number of ether oxygens (including phenoxy) is 1. The van der Waals surface area contributed by atoms with E-state index < -0.39 is 41.7 Å². The molecule has 1 rings (SSSR count). The molecule has 0 aliphatic heterocycles. The Bertz CT molecular complexity index is 696. The van der Waals surface area contributed by atoms with E-state index in [1.165, 1.54) is 0 Å². The number of rotatable bonds is 7. The topological polar surface area (TPSA) is 77.1 Å². The van der Waals surface area contributed by atoms with Crippen LogP contribution in [0, 0.1) is 22.7 Å². The summed E-state index contributed by atoms with van der Waals surface area (Å²) in [6.45, 7) is -0.928. The highest BCUT2D eigenvalue weighted by atomic mass is 19.4. The molecule has 0 heterocycles. The summed E-state index contributed by atoms with van der Waals surface area (Å²) in [5.74, 6) is -1.54. The Morgan fingerprint density at radius 2 is 1.37 bits per heavy atom. The first-order valence-corrected chi connectivity index (χ1v) is 7.43. The average Bonchev–Trinajstić information content (AvgIpc) is 2.58. The molecule has 0 N–H and O–H groups in total. The fourth-order valence-electron chi connectivity index (χ4n) is 1.98. The Morgan fingerprint density at radius 3 is 1.74 bits per heavy atom. The maximum atomic E-state index is 12.8. The van der Waals surface area contributed by atoms with Crippen LogP contribution in [0.1, 0.15) is 24.0 Å². The van der Waals surface area contributed by atoms with Crippen molar-refractivity contribution in [2.75, 3.05) is 19.7 Å². The summed E-state index contributed by atoms with van der Waals surface area (Å²) in [6, 6.07) is 4.23. The number of halogens is 6. The first-order chi connectivity index (χ1) is 12.5. The number of amides is 1. The smallest absolute Gasteiger partial charge is 0.416 e. The van der Waals surface area contributed by atoms with Crippen LogP contribution in [0.15, 0.2) is 18.2 Å². The van der Waals surface area contributed by atoms with Crippen LogP contribution in [0.3, 0.4) is 0 Å². The Labute approximate surface area is 150 Å². The van der Waals surface area contributed by atoms with Gasteiger partial charge in [-0.15, -0.1) is 0 Å². The maximum Gasteiger partial charge on any atom is 0.416 e. The van der Waals surface area contributed by atoms with Gasteiger partial charge in [0.25, 0.3) is 5.91 Å². The molecule has 0 aliphatic carbocycles. The lowest BCUT2D eigenvalue weighted by Crippen LogP contribution is -2.36. The van der Waals surface area contributed by atoms with Crippen LogP contribution in [0.4, 0.5) is 26.3 Å². The van der Waals surface area contributed by atoms with E-state index in [9.17, 15) is 31.1 Å². The normalized spacial score (nSPS) is 11.4. The summed E-state index contributed by atoms with van der Waals surface area (Å²) in [7, 11) is 0. The van der Waals surface area contributed by atoms with Crippen LogP contribution in [-0.4, -0.2) is 30.5 Å². The number of nitrogens with zero attached hydrogens (tertiary/aromatic N) is 3. The molecule has 0 unspecified atom stereocenters. The van der Waals surface area contributed by atoms with Crippen molar-refractivity contribution >= 4 is 5.91 Å². The average molecular weight is 393 g/mol. The van der Waals surface area contributed by atoms with Crippen molar-refractivity contribution in [3.8, 4) is 17.9 Å². The SMILES string of the molecule is N#CCCN(CCC#N)C(=O)COc1cc(C(F)(F)F)cc(C(F)(F)F)c1. The predicted octanol–water partition coefficient (Wildman–Crippen LogP) is 3.76. The lowest BCUT2D eigenvalue weighted by atomic mass is 10.1. The Balaban J connectivity index is 2.98. The minimum Gasteiger partial charge on any atom is -0.484 e. The monoisotopic (exact) mass is 393 g/mol. The van der Waals surface area contributed by atoms with Gasteiger partial charge in [0, 0.05) is 13.1 Å². The van der Waals surface area contributed by atoms with Gasteiger partial charge < -0.3 is 9.64 Å². The number of alkyl halides is 6. The molecule has 0 aromatic heterocycles. The lowest BCUT2D eigenvalue weighted by Gasteiger charge is -2.21. The zero-order valence-electron chi connectivity index (χ0n) is 13.7. The zero-order chi connectivity index (χ0) is 20.7. The summed E-state index contributed by atoms with van der Waals surface area (Å²) in [5, 5.41) is 17.1. The van der Waals surface area contributed by atoms with E-state index >= 15 is 0 Å². The fraction of sp³-hybridized carbons (Fsp3) is 0.438. The van der Waals surface area contributed by atoms with Crippen LogP contribution in [0.5, 0.6) is 5.75 Å². The predicted molar refractivity (Wildman–Crippen MR) is 79.0 cm³/mol. The Morgan fingerprint density at radius 1 is 0.926 bits per heavy atom. The van der Waals surface area contributed by atoms with Gasteiger partial charge in [0.1, 0.15) is 5.75 Å². The summed E-state index contributed by atoms with van der Waals surface area (Å²) in [5.41, 5.74) is -3.13. The van der Waals surface area contributed by atoms with Crippen LogP contribution in [0.25, 0.3) is 0 Å². The van der Waals surface area contributed by atoms with Gasteiger partial charge >= 0.3 is 12.4 Å². The van der Waals surface area contributed by atoms with E-state index in [0.29, 0.717) is 12.1 Å². The van der Waals surface area contributed by atoms with Gasteiger partial charge in [-0.1, -0.05) is 0 Å². The lowest BCUT2D eigenvalue weighted by molar-refractivity contribution is -0.143. The van der Waals surface area contributed by atoms with Gasteiger partial charge in [0.05, 0.1) is 36.1 Å². The maximum absolute atomic E-state index is 12.8. The molecule has 0 saturated carbocycles. The highest BCUT2D eigenvalue weighted by Crippen LogP contribution is 2.38. The van der Waals surface area contributed by atoms with E-state index in [2.05, 4.69) is 0 Å². The summed E-state index contributed by atoms with van der Waals surface area (Å²) in [4.78, 5) is 13.1. The molecule has 1 aromatic carbocycles. The van der Waals surface area contributed by atoms with Crippen LogP contribution in [-0.2, 0) is 17.1 Å². The molecule has 27 heavy (non-hydrogen) atoms. The minimum atomic E-state index is -5.03. The Kier molecular flexibility index (Phi) is 7.46. The molecule has 5 nitrogen and oxygen atoms in total. The first kappa shape index (κ1) is 22.1. The second-order valence-corrected chi connectivity index (χ2v) is 5.23. The molecule has 0 radical (unpaired) electrons. The number of nitriles is 2. The molecule has 0 saturated heterocycles. The third-order valence-electron chi connectivity index (χ3n) is 3.26. The molecule has 0 aliphatic rings. The minimum absolute atomic E-state index is 0.0449. The van der Waals surface area contributed by atoms with E-state index in [4.69, 9.17) is 15.3 Å². The zero-order valence-corrected chi connectivity index (χ0v) is 13.7. The number of carbonyl (C=O) groups is 1. The second kappa shape index (κ2) is 9.12. The van der Waals surface area contributed by atoms with Crippen molar-refractivity contribution < 1.29 is 35.9 Å². The number of carbonyl (C=O) groups excluding carboxylic acids is 1. The van der Waals surface area contributed by atoms with Crippen LogP contribution < -0.4 is 4.74 Å². The van der Waals surface area contributed by atoms with Crippen molar-refractivity contribution in [3.63, 3.8) is 0 Å². The van der Waals surface area contributed by atoms with Crippen molar-refractivity contribution in [1.29, 1.82) is 10.5 Å². The second-order valence-electron chi connectivity index (χ2n) is 5.23.